The zero-order valence-corrected chi connectivity index (χ0v) is 20.2. The number of nitrogens with zero attached hydrogens (tertiary/aromatic N) is 2. The van der Waals surface area contributed by atoms with Gasteiger partial charge in [-0.15, -0.1) is 0 Å². The van der Waals surface area contributed by atoms with E-state index in [-0.39, 0.29) is 11.3 Å². The smallest absolute Gasteiger partial charge is 0.232 e. The maximum absolute atomic E-state index is 12.5. The lowest BCUT2D eigenvalue weighted by molar-refractivity contribution is -0.00569. The van der Waals surface area contributed by atoms with Crippen LogP contribution in [0.25, 0.3) is 0 Å². The summed E-state index contributed by atoms with van der Waals surface area (Å²) in [6, 6.07) is 17.2. The number of aliphatic hydroxyl groups is 1. The normalized spacial score (nSPS) is 22.2. The molecule has 1 heterocycles. The molecule has 1 aliphatic heterocycles. The van der Waals surface area contributed by atoms with Crippen molar-refractivity contribution in [2.45, 2.75) is 43.6 Å². The third kappa shape index (κ3) is 5.14. The molecule has 2 fully saturated rings. The molecule has 174 valence electrons. The topological polar surface area (TPSA) is 60.9 Å². The lowest BCUT2D eigenvalue weighted by atomic mass is 9.61. The summed E-state index contributed by atoms with van der Waals surface area (Å²) in [5.41, 5.74) is 1.69. The van der Waals surface area contributed by atoms with Crippen LogP contribution in [0.4, 0.5) is 5.69 Å². The number of rotatable bonds is 8. The number of aliphatic hydroxyl groups excluding tert-OH is 1. The van der Waals surface area contributed by atoms with Crippen LogP contribution in [0.2, 0.25) is 5.02 Å². The second-order valence-electron chi connectivity index (χ2n) is 9.43. The Balaban J connectivity index is 1.43. The SMILES string of the molecule is CS(=O)(=O)N(CC1CCCN(CC(O)C2(c3ccc(Cl)cc3)CCC2)C1)c1ccccc1. The van der Waals surface area contributed by atoms with Gasteiger partial charge in [-0.05, 0) is 68.0 Å². The van der Waals surface area contributed by atoms with Crippen LogP contribution in [-0.4, -0.2) is 57.0 Å². The summed E-state index contributed by atoms with van der Waals surface area (Å²) in [4.78, 5) is 2.32. The molecule has 32 heavy (non-hydrogen) atoms. The Morgan fingerprint density at radius 2 is 1.81 bits per heavy atom. The minimum Gasteiger partial charge on any atom is -0.391 e. The number of halogens is 1. The Bertz CT molecular complexity index is 994. The second-order valence-corrected chi connectivity index (χ2v) is 11.8. The molecule has 0 radical (unpaired) electrons. The third-order valence-corrected chi connectivity index (χ3v) is 8.62. The Labute approximate surface area is 197 Å². The predicted octanol–water partition coefficient (Wildman–Crippen LogP) is 4.30. The van der Waals surface area contributed by atoms with Gasteiger partial charge in [-0.3, -0.25) is 4.31 Å². The standard InChI is InChI=1S/C25H33ClN2O3S/c1-32(30,31)28(23-8-3-2-4-9-23)18-20-7-5-16-27(17-20)19-24(29)25(14-6-15-25)21-10-12-22(26)13-11-21/h2-4,8-13,20,24,29H,5-7,14-19H2,1H3. The van der Waals surface area contributed by atoms with Gasteiger partial charge in [-0.2, -0.15) is 0 Å². The first-order valence-electron chi connectivity index (χ1n) is 11.5. The molecular formula is C25H33ClN2O3S. The van der Waals surface area contributed by atoms with Gasteiger partial charge in [0.05, 0.1) is 18.0 Å². The van der Waals surface area contributed by atoms with E-state index < -0.39 is 16.1 Å². The molecule has 2 aromatic rings. The molecule has 2 atom stereocenters. The summed E-state index contributed by atoms with van der Waals surface area (Å²) in [7, 11) is -3.36. The lowest BCUT2D eigenvalue weighted by Crippen LogP contribution is -2.53. The Morgan fingerprint density at radius 1 is 1.12 bits per heavy atom. The number of piperidine rings is 1. The van der Waals surface area contributed by atoms with Crippen molar-refractivity contribution in [1.82, 2.24) is 4.90 Å². The molecule has 2 unspecified atom stereocenters. The van der Waals surface area contributed by atoms with Gasteiger partial charge in [-0.25, -0.2) is 8.42 Å². The highest BCUT2D eigenvalue weighted by Gasteiger charge is 2.45. The van der Waals surface area contributed by atoms with Crippen LogP contribution >= 0.6 is 11.6 Å². The number of benzene rings is 2. The van der Waals surface area contributed by atoms with Crippen molar-refractivity contribution >= 4 is 27.3 Å². The van der Waals surface area contributed by atoms with Gasteiger partial charge in [0.1, 0.15) is 0 Å². The monoisotopic (exact) mass is 476 g/mol. The van der Waals surface area contributed by atoms with Gasteiger partial charge >= 0.3 is 0 Å². The van der Waals surface area contributed by atoms with Crippen molar-refractivity contribution in [2.75, 3.05) is 36.7 Å². The Morgan fingerprint density at radius 3 is 2.41 bits per heavy atom. The minimum atomic E-state index is -3.36. The fourth-order valence-corrected chi connectivity index (χ4v) is 6.41. The zero-order chi connectivity index (χ0) is 22.8. The second kappa shape index (κ2) is 9.72. The molecule has 1 aliphatic carbocycles. The largest absolute Gasteiger partial charge is 0.391 e. The van der Waals surface area contributed by atoms with Crippen molar-refractivity contribution in [2.24, 2.45) is 5.92 Å². The molecule has 1 N–H and O–H groups in total. The van der Waals surface area contributed by atoms with Crippen LogP contribution in [0.1, 0.15) is 37.7 Å². The summed E-state index contributed by atoms with van der Waals surface area (Å²) in [5.74, 6) is 0.235. The lowest BCUT2D eigenvalue weighted by Gasteiger charge is -2.48. The average molecular weight is 477 g/mol. The summed E-state index contributed by atoms with van der Waals surface area (Å²) < 4.78 is 26.5. The number of likely N-dealkylation sites (tertiary alicyclic amines) is 1. The third-order valence-electron chi connectivity index (χ3n) is 7.21. The molecule has 0 aromatic heterocycles. The molecule has 2 aromatic carbocycles. The summed E-state index contributed by atoms with van der Waals surface area (Å²) in [5, 5.41) is 12.0. The maximum atomic E-state index is 12.5. The van der Waals surface area contributed by atoms with Crippen molar-refractivity contribution in [3.05, 3.63) is 65.2 Å². The van der Waals surface area contributed by atoms with Crippen molar-refractivity contribution in [3.8, 4) is 0 Å². The van der Waals surface area contributed by atoms with E-state index in [1.54, 1.807) is 0 Å². The van der Waals surface area contributed by atoms with E-state index in [0.717, 1.165) is 45.2 Å². The van der Waals surface area contributed by atoms with E-state index >= 15 is 0 Å². The van der Waals surface area contributed by atoms with Crippen LogP contribution in [-0.2, 0) is 15.4 Å². The number of para-hydroxylation sites is 1. The zero-order valence-electron chi connectivity index (χ0n) is 18.7. The molecule has 0 amide bonds. The molecular weight excluding hydrogens is 444 g/mol. The molecule has 5 nitrogen and oxygen atoms in total. The highest BCUT2D eigenvalue weighted by atomic mass is 35.5. The number of anilines is 1. The Kier molecular flexibility index (Phi) is 7.15. The quantitative estimate of drug-likeness (QED) is 0.617. The first-order chi connectivity index (χ1) is 15.3. The number of sulfonamides is 1. The molecule has 1 saturated carbocycles. The Hall–Kier alpha value is -1.60. The highest BCUT2D eigenvalue weighted by Crippen LogP contribution is 2.47. The molecule has 2 aliphatic rings. The molecule has 4 rings (SSSR count). The highest BCUT2D eigenvalue weighted by molar-refractivity contribution is 7.92. The molecule has 0 bridgehead atoms. The van der Waals surface area contributed by atoms with Gasteiger partial charge in [0.25, 0.3) is 0 Å². The number of hydrogen-bond donors (Lipinski definition) is 1. The predicted molar refractivity (Wildman–Crippen MR) is 131 cm³/mol. The molecule has 0 spiro atoms. The summed E-state index contributed by atoms with van der Waals surface area (Å²) >= 11 is 6.07. The molecule has 7 heteroatoms. The first kappa shape index (κ1) is 23.6. The van der Waals surface area contributed by atoms with Crippen LogP contribution < -0.4 is 4.31 Å². The molecule has 1 saturated heterocycles. The van der Waals surface area contributed by atoms with Gasteiger partial charge in [0.2, 0.25) is 10.0 Å². The maximum Gasteiger partial charge on any atom is 0.232 e. The average Bonchev–Trinajstić information content (AvgIpc) is 2.73. The fourth-order valence-electron chi connectivity index (χ4n) is 5.30. The minimum absolute atomic E-state index is 0.194. The van der Waals surface area contributed by atoms with Gasteiger partial charge in [-0.1, -0.05) is 48.4 Å². The van der Waals surface area contributed by atoms with Gasteiger partial charge in [0, 0.05) is 30.1 Å². The first-order valence-corrected chi connectivity index (χ1v) is 13.7. The van der Waals surface area contributed by atoms with Crippen LogP contribution in [0.15, 0.2) is 54.6 Å². The van der Waals surface area contributed by atoms with Crippen LogP contribution in [0.5, 0.6) is 0 Å². The summed E-state index contributed by atoms with van der Waals surface area (Å²) in [6.45, 7) is 2.82. The summed E-state index contributed by atoms with van der Waals surface area (Å²) in [6.07, 6.45) is 5.94. The van der Waals surface area contributed by atoms with Crippen molar-refractivity contribution < 1.29 is 13.5 Å². The van der Waals surface area contributed by atoms with Gasteiger partial charge in [0.15, 0.2) is 0 Å². The van der Waals surface area contributed by atoms with E-state index in [9.17, 15) is 13.5 Å². The van der Waals surface area contributed by atoms with Crippen molar-refractivity contribution in [1.29, 1.82) is 0 Å². The van der Waals surface area contributed by atoms with E-state index in [2.05, 4.69) is 4.90 Å². The number of β-amino-alcohol motifs (C(OH)–C–C–N with tert-alkyl or cyclic N) is 1. The van der Waals surface area contributed by atoms with E-state index in [1.165, 1.54) is 16.1 Å². The van der Waals surface area contributed by atoms with E-state index in [4.69, 9.17) is 11.6 Å². The van der Waals surface area contributed by atoms with E-state index in [1.807, 2.05) is 54.6 Å². The fraction of sp³-hybridized carbons (Fsp3) is 0.520. The van der Waals surface area contributed by atoms with Crippen LogP contribution in [0.3, 0.4) is 0 Å². The van der Waals surface area contributed by atoms with Crippen molar-refractivity contribution in [3.63, 3.8) is 0 Å². The van der Waals surface area contributed by atoms with E-state index in [0.29, 0.717) is 23.8 Å². The number of hydrogen-bond acceptors (Lipinski definition) is 4. The van der Waals surface area contributed by atoms with Gasteiger partial charge < -0.3 is 10.0 Å². The van der Waals surface area contributed by atoms with Crippen LogP contribution in [0, 0.1) is 5.92 Å².